The van der Waals surface area contributed by atoms with Gasteiger partial charge < -0.3 is 5.32 Å². The van der Waals surface area contributed by atoms with Gasteiger partial charge in [0.2, 0.25) is 5.91 Å². The van der Waals surface area contributed by atoms with Crippen LogP contribution in [-0.2, 0) is 26.5 Å². The zero-order valence-electron chi connectivity index (χ0n) is 18.5. The number of hydrogen-bond donors (Lipinski definition) is 1. The summed E-state index contributed by atoms with van der Waals surface area (Å²) in [4.78, 5) is 33.6. The van der Waals surface area contributed by atoms with E-state index in [9.17, 15) is 22.4 Å². The lowest BCUT2D eigenvalue weighted by atomic mass is 9.82. The molecule has 3 rings (SSSR count). The summed E-state index contributed by atoms with van der Waals surface area (Å²) < 4.78 is 37.9. The number of benzene rings is 1. The van der Waals surface area contributed by atoms with Crippen LogP contribution in [-0.4, -0.2) is 35.8 Å². The van der Waals surface area contributed by atoms with E-state index in [4.69, 9.17) is 0 Å². The van der Waals surface area contributed by atoms with Crippen molar-refractivity contribution in [2.75, 3.05) is 11.1 Å². The average molecular weight is 470 g/mol. The normalized spacial score (nSPS) is 11.8. The van der Waals surface area contributed by atoms with Crippen LogP contribution in [0, 0.1) is 5.82 Å². The van der Waals surface area contributed by atoms with Gasteiger partial charge in [0.15, 0.2) is 15.6 Å². The molecule has 3 aromatic rings. The molecule has 1 amide bonds. The van der Waals surface area contributed by atoms with Crippen molar-refractivity contribution in [1.82, 2.24) is 9.97 Å². The largest absolute Gasteiger partial charge is 0.324 e. The highest BCUT2D eigenvalue weighted by Gasteiger charge is 2.35. The number of halogens is 1. The smallest absolute Gasteiger partial charge is 0.228 e. The molecule has 1 aromatic carbocycles. The molecule has 0 aliphatic carbocycles. The third-order valence-electron chi connectivity index (χ3n) is 5.23. The Kier molecular flexibility index (Phi) is 7.02. The second kappa shape index (κ2) is 9.58. The molecule has 2 heterocycles. The van der Waals surface area contributed by atoms with Gasteiger partial charge in [-0.15, -0.1) is 0 Å². The van der Waals surface area contributed by atoms with E-state index in [0.717, 1.165) is 0 Å². The number of ketones is 1. The van der Waals surface area contributed by atoms with Crippen molar-refractivity contribution in [2.24, 2.45) is 0 Å². The summed E-state index contributed by atoms with van der Waals surface area (Å²) in [6.07, 6.45) is 2.82. The molecule has 0 saturated heterocycles. The lowest BCUT2D eigenvalue weighted by molar-refractivity contribution is -0.115. The van der Waals surface area contributed by atoms with Crippen LogP contribution >= 0.6 is 0 Å². The van der Waals surface area contributed by atoms with Gasteiger partial charge in [0.25, 0.3) is 0 Å². The van der Waals surface area contributed by atoms with E-state index in [0.29, 0.717) is 11.3 Å². The Morgan fingerprint density at radius 2 is 1.73 bits per heavy atom. The fourth-order valence-electron chi connectivity index (χ4n) is 3.25. The number of nitrogens with one attached hydrogen (secondary N) is 1. The quantitative estimate of drug-likeness (QED) is 0.504. The van der Waals surface area contributed by atoms with Crippen molar-refractivity contribution >= 4 is 27.2 Å². The summed E-state index contributed by atoms with van der Waals surface area (Å²) in [6, 6.07) is 11.9. The van der Waals surface area contributed by atoms with Gasteiger partial charge in [0.1, 0.15) is 11.5 Å². The molecule has 0 atom stereocenters. The second-order valence-corrected chi connectivity index (χ2v) is 10.3. The van der Waals surface area contributed by atoms with Crippen LogP contribution in [0.25, 0.3) is 0 Å². The Hall–Kier alpha value is -3.46. The molecule has 7 nitrogen and oxygen atoms in total. The van der Waals surface area contributed by atoms with E-state index < -0.39 is 26.9 Å². The molecular formula is C24H24FN3O4S. The summed E-state index contributed by atoms with van der Waals surface area (Å²) in [5, 5.41) is 2.69. The van der Waals surface area contributed by atoms with Crippen molar-refractivity contribution in [3.63, 3.8) is 0 Å². The summed E-state index contributed by atoms with van der Waals surface area (Å²) in [7, 11) is -3.30. The Labute approximate surface area is 192 Å². The van der Waals surface area contributed by atoms with E-state index in [1.54, 1.807) is 39.0 Å². The van der Waals surface area contributed by atoms with Gasteiger partial charge in [0, 0.05) is 6.20 Å². The van der Waals surface area contributed by atoms with Gasteiger partial charge in [-0.25, -0.2) is 12.8 Å². The molecule has 0 bridgehead atoms. The lowest BCUT2D eigenvalue weighted by Gasteiger charge is -2.22. The van der Waals surface area contributed by atoms with Crippen molar-refractivity contribution in [1.29, 1.82) is 0 Å². The Balaban J connectivity index is 1.66. The van der Waals surface area contributed by atoms with Crippen LogP contribution in [0.2, 0.25) is 0 Å². The summed E-state index contributed by atoms with van der Waals surface area (Å²) >= 11 is 0. The number of hydrogen-bond acceptors (Lipinski definition) is 6. The van der Waals surface area contributed by atoms with Crippen LogP contribution in [0.5, 0.6) is 0 Å². The predicted octanol–water partition coefficient (Wildman–Crippen LogP) is 3.75. The summed E-state index contributed by atoms with van der Waals surface area (Å²) in [6.45, 7) is 4.73. The van der Waals surface area contributed by atoms with Gasteiger partial charge in [-0.2, -0.15) is 0 Å². The highest BCUT2D eigenvalue weighted by molar-refractivity contribution is 7.91. The minimum atomic E-state index is -3.30. The number of carbonyl (C=O) groups excluding carboxylic acids is 2. The topological polar surface area (TPSA) is 106 Å². The maximum absolute atomic E-state index is 14.1. The van der Waals surface area contributed by atoms with E-state index in [-0.39, 0.29) is 34.4 Å². The zero-order chi connectivity index (χ0) is 24.2. The first-order valence-electron chi connectivity index (χ1n) is 10.3. The first-order chi connectivity index (χ1) is 15.5. The van der Waals surface area contributed by atoms with Crippen LogP contribution in [0.4, 0.5) is 10.1 Å². The minimum absolute atomic E-state index is 0.00626. The standard InChI is InChI=1S/C24H24FN3O4S/c1-4-33(31,32)18-10-7-16(8-11-18)14-21(29)28-17-9-12-20(27-15-17)23(30)24(2,3)22-19(25)6-5-13-26-22/h5-13,15H,4,14H2,1-3H3,(H,28,29). The van der Waals surface area contributed by atoms with Gasteiger partial charge >= 0.3 is 0 Å². The number of anilines is 1. The maximum Gasteiger partial charge on any atom is 0.228 e. The first kappa shape index (κ1) is 24.2. The molecule has 0 unspecified atom stereocenters. The summed E-state index contributed by atoms with van der Waals surface area (Å²) in [5.41, 5.74) is -0.0201. The third kappa shape index (κ3) is 5.48. The molecule has 33 heavy (non-hydrogen) atoms. The van der Waals surface area contributed by atoms with E-state index in [2.05, 4.69) is 15.3 Å². The van der Waals surface area contributed by atoms with Crippen LogP contribution in [0.3, 0.4) is 0 Å². The zero-order valence-corrected chi connectivity index (χ0v) is 19.3. The Morgan fingerprint density at radius 3 is 2.30 bits per heavy atom. The molecule has 0 radical (unpaired) electrons. The van der Waals surface area contributed by atoms with Gasteiger partial charge in [-0.1, -0.05) is 19.1 Å². The molecule has 0 fully saturated rings. The molecule has 0 spiro atoms. The second-order valence-electron chi connectivity index (χ2n) is 7.99. The van der Waals surface area contributed by atoms with Crippen LogP contribution in [0.1, 0.15) is 42.5 Å². The lowest BCUT2D eigenvalue weighted by Crippen LogP contribution is -2.32. The highest BCUT2D eigenvalue weighted by atomic mass is 32.2. The molecular weight excluding hydrogens is 445 g/mol. The van der Waals surface area contributed by atoms with Gasteiger partial charge in [0.05, 0.1) is 40.1 Å². The Bertz CT molecular complexity index is 1270. The van der Waals surface area contributed by atoms with Crippen LogP contribution in [0.15, 0.2) is 65.8 Å². The minimum Gasteiger partial charge on any atom is -0.324 e. The number of carbonyl (C=O) groups is 2. The number of rotatable bonds is 8. The monoisotopic (exact) mass is 469 g/mol. The van der Waals surface area contributed by atoms with Crippen molar-refractivity contribution in [2.45, 2.75) is 37.5 Å². The Morgan fingerprint density at radius 1 is 1.03 bits per heavy atom. The van der Waals surface area contributed by atoms with Crippen LogP contribution < -0.4 is 5.32 Å². The fraction of sp³-hybridized carbons (Fsp3) is 0.250. The van der Waals surface area contributed by atoms with Gasteiger partial charge in [-0.05, 0) is 55.8 Å². The van der Waals surface area contributed by atoms with E-state index in [1.165, 1.54) is 42.7 Å². The number of nitrogens with zero attached hydrogens (tertiary/aromatic N) is 2. The van der Waals surface area contributed by atoms with Crippen molar-refractivity contribution in [3.8, 4) is 0 Å². The number of sulfone groups is 1. The maximum atomic E-state index is 14.1. The molecule has 0 saturated carbocycles. The van der Waals surface area contributed by atoms with Crippen molar-refractivity contribution < 1.29 is 22.4 Å². The molecule has 2 aromatic heterocycles. The predicted molar refractivity (Wildman–Crippen MR) is 122 cm³/mol. The molecule has 1 N–H and O–H groups in total. The first-order valence-corrected chi connectivity index (χ1v) is 11.9. The molecule has 9 heteroatoms. The number of Topliss-reactive ketones (excluding diaryl/α,β-unsaturated/α-hetero) is 1. The third-order valence-corrected chi connectivity index (χ3v) is 6.98. The molecule has 0 aliphatic heterocycles. The SMILES string of the molecule is CCS(=O)(=O)c1ccc(CC(=O)Nc2ccc(C(=O)C(C)(C)c3ncccc3F)nc2)cc1. The van der Waals surface area contributed by atoms with Gasteiger partial charge in [-0.3, -0.25) is 19.6 Å². The van der Waals surface area contributed by atoms with E-state index >= 15 is 0 Å². The number of aromatic nitrogens is 2. The fourth-order valence-corrected chi connectivity index (χ4v) is 4.13. The number of pyridine rings is 2. The number of amides is 1. The average Bonchev–Trinajstić information content (AvgIpc) is 2.79. The van der Waals surface area contributed by atoms with E-state index in [1.807, 2.05) is 0 Å². The highest BCUT2D eigenvalue weighted by Crippen LogP contribution is 2.27. The summed E-state index contributed by atoms with van der Waals surface area (Å²) in [5.74, 6) is -1.29. The molecule has 172 valence electrons. The van der Waals surface area contributed by atoms with Crippen molar-refractivity contribution in [3.05, 3.63) is 83.7 Å². The molecule has 0 aliphatic rings.